The first-order chi connectivity index (χ1) is 5.39. The van der Waals surface area contributed by atoms with Gasteiger partial charge in [0.1, 0.15) is 6.29 Å². The second-order valence-electron chi connectivity index (χ2n) is 1.84. The Morgan fingerprint density at radius 1 is 1.33 bits per heavy atom. The van der Waals surface area contributed by atoms with E-state index < -0.39 is 17.5 Å². The van der Waals surface area contributed by atoms with E-state index in [9.17, 15) is 22.8 Å². The third kappa shape index (κ3) is 3.14. The molecule has 5 heteroatoms. The van der Waals surface area contributed by atoms with Gasteiger partial charge in [0.05, 0.1) is 5.57 Å². The predicted octanol–water partition coefficient (Wildman–Crippen LogP) is 1.43. The molecule has 0 N–H and O–H groups in total. The minimum Gasteiger partial charge on any atom is -0.299 e. The quantitative estimate of drug-likeness (QED) is 0.484. The van der Waals surface area contributed by atoms with Crippen LogP contribution in [0.15, 0.2) is 24.3 Å². The number of halogens is 3. The highest BCUT2D eigenvalue weighted by Gasteiger charge is 2.35. The molecule has 0 rings (SSSR count). The van der Waals surface area contributed by atoms with Gasteiger partial charge in [0.15, 0.2) is 5.78 Å². The summed E-state index contributed by atoms with van der Waals surface area (Å²) < 4.78 is 35.1. The van der Waals surface area contributed by atoms with Crippen LogP contribution in [-0.4, -0.2) is 18.2 Å². The minimum absolute atomic E-state index is 0.210. The first kappa shape index (κ1) is 10.6. The van der Waals surface area contributed by atoms with E-state index in [4.69, 9.17) is 0 Å². The molecule has 0 saturated heterocycles. The molecular formula is C7H5F3O2. The molecule has 0 atom stereocenters. The molecule has 0 aromatic rings. The van der Waals surface area contributed by atoms with Crippen LogP contribution in [0.2, 0.25) is 0 Å². The lowest BCUT2D eigenvalue weighted by atomic mass is 10.2. The number of hydrogen-bond donors (Lipinski definition) is 0. The Hall–Kier alpha value is -1.39. The number of carbonyl (C=O) groups excluding carboxylic acids is 2. The highest BCUT2D eigenvalue weighted by molar-refractivity contribution is 6.05. The molecule has 0 aromatic carbocycles. The molecule has 0 aliphatic rings. The summed E-state index contributed by atoms with van der Waals surface area (Å²) in [5, 5.41) is 0. The number of rotatable bonds is 3. The fourth-order valence-electron chi connectivity index (χ4n) is 0.367. The van der Waals surface area contributed by atoms with Crippen LogP contribution in [0.5, 0.6) is 0 Å². The molecule has 66 valence electrons. The van der Waals surface area contributed by atoms with E-state index in [0.717, 1.165) is 0 Å². The van der Waals surface area contributed by atoms with Gasteiger partial charge < -0.3 is 0 Å². The molecule has 0 bridgehead atoms. The monoisotopic (exact) mass is 178 g/mol. The standard InChI is InChI=1S/C7H5F3O2/c1-5(7(8,9)10)6(12)3-2-4-11/h2-4H,1H2. The fraction of sp³-hybridized carbons (Fsp3) is 0.143. The molecule has 0 fully saturated rings. The SMILES string of the molecule is C=C(C(=O)C=CC=O)C(F)(F)F. The number of carbonyl (C=O) groups is 2. The van der Waals surface area contributed by atoms with Crippen LogP contribution in [0.1, 0.15) is 0 Å². The van der Waals surface area contributed by atoms with Crippen LogP contribution in [-0.2, 0) is 9.59 Å². The zero-order chi connectivity index (χ0) is 9.78. The summed E-state index contributed by atoms with van der Waals surface area (Å²) in [7, 11) is 0. The maximum atomic E-state index is 11.7. The van der Waals surface area contributed by atoms with E-state index in [2.05, 4.69) is 6.58 Å². The molecule has 0 unspecified atom stereocenters. The van der Waals surface area contributed by atoms with E-state index in [-0.39, 0.29) is 6.29 Å². The van der Waals surface area contributed by atoms with Gasteiger partial charge in [0, 0.05) is 0 Å². The molecule has 2 nitrogen and oxygen atoms in total. The zero-order valence-electron chi connectivity index (χ0n) is 5.89. The molecule has 0 aliphatic heterocycles. The van der Waals surface area contributed by atoms with Crippen molar-refractivity contribution in [3.8, 4) is 0 Å². The summed E-state index contributed by atoms with van der Waals surface area (Å²) in [6.45, 7) is 2.54. The Bertz CT molecular complexity index is 238. The molecule has 0 heterocycles. The molecule has 0 spiro atoms. The highest BCUT2D eigenvalue weighted by Crippen LogP contribution is 2.24. The van der Waals surface area contributed by atoms with Crippen LogP contribution < -0.4 is 0 Å². The average Bonchev–Trinajstić information content (AvgIpc) is 1.97. The van der Waals surface area contributed by atoms with E-state index in [1.165, 1.54) is 0 Å². The first-order valence-electron chi connectivity index (χ1n) is 2.82. The number of aldehydes is 1. The summed E-state index contributed by atoms with van der Waals surface area (Å²) in [4.78, 5) is 20.1. The van der Waals surface area contributed by atoms with Gasteiger partial charge in [0.25, 0.3) is 0 Å². The first-order valence-corrected chi connectivity index (χ1v) is 2.82. The van der Waals surface area contributed by atoms with E-state index >= 15 is 0 Å². The van der Waals surface area contributed by atoms with Gasteiger partial charge in [-0.3, -0.25) is 9.59 Å². The zero-order valence-corrected chi connectivity index (χ0v) is 5.89. The molecule has 0 saturated carbocycles. The number of alkyl halides is 3. The molecular weight excluding hydrogens is 173 g/mol. The van der Waals surface area contributed by atoms with E-state index in [1.807, 2.05) is 0 Å². The van der Waals surface area contributed by atoms with Gasteiger partial charge in [0.2, 0.25) is 0 Å². The topological polar surface area (TPSA) is 34.1 Å². The van der Waals surface area contributed by atoms with Crippen molar-refractivity contribution in [3.63, 3.8) is 0 Å². The largest absolute Gasteiger partial charge is 0.419 e. The summed E-state index contributed by atoms with van der Waals surface area (Å²) >= 11 is 0. The molecule has 0 aliphatic carbocycles. The average molecular weight is 178 g/mol. The second kappa shape index (κ2) is 3.85. The van der Waals surface area contributed by atoms with Crippen molar-refractivity contribution < 1.29 is 22.8 Å². The number of ketones is 1. The molecule has 0 aromatic heterocycles. The Balaban J connectivity index is 4.42. The predicted molar refractivity (Wildman–Crippen MR) is 35.4 cm³/mol. The van der Waals surface area contributed by atoms with Gasteiger partial charge in [-0.1, -0.05) is 6.58 Å². The van der Waals surface area contributed by atoms with Crippen molar-refractivity contribution in [2.75, 3.05) is 0 Å². The number of allylic oxidation sites excluding steroid dienone is 3. The lowest BCUT2D eigenvalue weighted by Crippen LogP contribution is -2.17. The van der Waals surface area contributed by atoms with Crippen molar-refractivity contribution in [2.45, 2.75) is 6.18 Å². The second-order valence-corrected chi connectivity index (χ2v) is 1.84. The van der Waals surface area contributed by atoms with Crippen LogP contribution in [0.4, 0.5) is 13.2 Å². The maximum absolute atomic E-state index is 11.7. The molecule has 0 amide bonds. The molecule has 12 heavy (non-hydrogen) atoms. The summed E-state index contributed by atoms with van der Waals surface area (Å²) in [6.07, 6.45) is -3.33. The lowest BCUT2D eigenvalue weighted by molar-refractivity contribution is -0.125. The van der Waals surface area contributed by atoms with Crippen molar-refractivity contribution in [1.82, 2.24) is 0 Å². The van der Waals surface area contributed by atoms with E-state index in [1.54, 1.807) is 0 Å². The van der Waals surface area contributed by atoms with Gasteiger partial charge in [-0.25, -0.2) is 0 Å². The number of hydrogen-bond acceptors (Lipinski definition) is 2. The Morgan fingerprint density at radius 2 is 1.83 bits per heavy atom. The Morgan fingerprint density at radius 3 is 2.17 bits per heavy atom. The summed E-state index contributed by atoms with van der Waals surface area (Å²) in [5.74, 6) is -1.31. The van der Waals surface area contributed by atoms with Crippen molar-refractivity contribution in [3.05, 3.63) is 24.3 Å². The molecule has 0 radical (unpaired) electrons. The third-order valence-electron chi connectivity index (χ3n) is 0.966. The van der Waals surface area contributed by atoms with Crippen molar-refractivity contribution in [2.24, 2.45) is 0 Å². The van der Waals surface area contributed by atoms with Crippen LogP contribution in [0.3, 0.4) is 0 Å². The van der Waals surface area contributed by atoms with Gasteiger partial charge in [-0.05, 0) is 12.2 Å². The fourth-order valence-corrected chi connectivity index (χ4v) is 0.367. The van der Waals surface area contributed by atoms with Crippen LogP contribution in [0.25, 0.3) is 0 Å². The van der Waals surface area contributed by atoms with Crippen LogP contribution in [0, 0.1) is 0 Å². The summed E-state index contributed by atoms with van der Waals surface area (Å²) in [6, 6.07) is 0. The van der Waals surface area contributed by atoms with Gasteiger partial charge in [-0.2, -0.15) is 13.2 Å². The smallest absolute Gasteiger partial charge is 0.299 e. The summed E-state index contributed by atoms with van der Waals surface area (Å²) in [5.41, 5.74) is -1.49. The van der Waals surface area contributed by atoms with Gasteiger partial charge in [-0.15, -0.1) is 0 Å². The highest BCUT2D eigenvalue weighted by atomic mass is 19.4. The van der Waals surface area contributed by atoms with Crippen molar-refractivity contribution in [1.29, 1.82) is 0 Å². The Labute approximate surface area is 66.4 Å². The third-order valence-corrected chi connectivity index (χ3v) is 0.966. The van der Waals surface area contributed by atoms with E-state index in [0.29, 0.717) is 12.2 Å². The lowest BCUT2D eigenvalue weighted by Gasteiger charge is -2.04. The Kier molecular flexibility index (Phi) is 3.40. The van der Waals surface area contributed by atoms with Crippen LogP contribution >= 0.6 is 0 Å². The van der Waals surface area contributed by atoms with Crippen molar-refractivity contribution >= 4 is 12.1 Å². The normalized spacial score (nSPS) is 11.6. The van der Waals surface area contributed by atoms with Gasteiger partial charge >= 0.3 is 6.18 Å². The maximum Gasteiger partial charge on any atom is 0.419 e. The minimum atomic E-state index is -4.73.